The van der Waals surface area contributed by atoms with Gasteiger partial charge < -0.3 is 0 Å². The second kappa shape index (κ2) is 1.75. The highest BCUT2D eigenvalue weighted by Gasteiger charge is 2.12. The average Bonchev–Trinajstić information content (AvgIpc) is 1.91. The van der Waals surface area contributed by atoms with E-state index in [2.05, 4.69) is 5.43 Å². The summed E-state index contributed by atoms with van der Waals surface area (Å²) < 4.78 is 0. The lowest BCUT2D eigenvalue weighted by Crippen LogP contribution is -2.35. The maximum Gasteiger partial charge on any atom is 0.0307 e. The van der Waals surface area contributed by atoms with Gasteiger partial charge in [0.15, 0.2) is 0 Å². The first-order valence-electron chi connectivity index (χ1n) is 2.24. The van der Waals surface area contributed by atoms with Crippen LogP contribution in [0.3, 0.4) is 0 Å². The van der Waals surface area contributed by atoms with Crippen molar-refractivity contribution >= 4 is 0 Å². The summed E-state index contributed by atoms with van der Waals surface area (Å²) in [6.07, 6.45) is 0. The smallest absolute Gasteiger partial charge is 0.0307 e. The zero-order valence-electron chi connectivity index (χ0n) is 4.26. The molecular formula is C3H9N3O. The summed E-state index contributed by atoms with van der Waals surface area (Å²) in [5, 5.41) is 11.3. The van der Waals surface area contributed by atoms with Gasteiger partial charge in [-0.15, -0.1) is 0 Å². The van der Waals surface area contributed by atoms with Crippen LogP contribution < -0.4 is 5.43 Å². The van der Waals surface area contributed by atoms with Crippen molar-refractivity contribution in [1.29, 1.82) is 0 Å². The average molecular weight is 103 g/mol. The molecule has 1 aliphatic heterocycles. The van der Waals surface area contributed by atoms with Gasteiger partial charge in [-0.05, 0) is 0 Å². The van der Waals surface area contributed by atoms with E-state index in [4.69, 9.17) is 5.21 Å². The third-order valence-electron chi connectivity index (χ3n) is 1.01. The van der Waals surface area contributed by atoms with Crippen molar-refractivity contribution in [3.8, 4) is 0 Å². The van der Waals surface area contributed by atoms with Crippen LogP contribution in [0.25, 0.3) is 0 Å². The number of rotatable bonds is 0. The highest BCUT2D eigenvalue weighted by molar-refractivity contribution is 4.50. The van der Waals surface area contributed by atoms with Crippen LogP contribution in [0.5, 0.6) is 0 Å². The molecule has 0 aromatic heterocycles. The van der Waals surface area contributed by atoms with Crippen molar-refractivity contribution in [3.05, 3.63) is 0 Å². The molecule has 0 amide bonds. The van der Waals surface area contributed by atoms with Gasteiger partial charge in [0.05, 0.1) is 0 Å². The van der Waals surface area contributed by atoms with Crippen LogP contribution in [0.15, 0.2) is 0 Å². The second-order valence-electron chi connectivity index (χ2n) is 1.58. The Bertz CT molecular complexity index is 59.2. The third-order valence-corrected chi connectivity index (χ3v) is 1.01. The summed E-state index contributed by atoms with van der Waals surface area (Å²) in [5.41, 5.74) is 2.68. The summed E-state index contributed by atoms with van der Waals surface area (Å²) in [6.45, 7) is 1.70. The quantitative estimate of drug-likeness (QED) is 0.414. The van der Waals surface area contributed by atoms with Crippen LogP contribution in [0.2, 0.25) is 0 Å². The molecule has 1 rings (SSSR count). The Morgan fingerprint density at radius 3 is 2.57 bits per heavy atom. The molecule has 1 saturated heterocycles. The lowest BCUT2D eigenvalue weighted by atomic mass is 10.7. The summed E-state index contributed by atoms with van der Waals surface area (Å²) in [5.74, 6) is 0. The van der Waals surface area contributed by atoms with Crippen molar-refractivity contribution in [3.63, 3.8) is 0 Å². The highest BCUT2D eigenvalue weighted by atomic mass is 16.6. The molecule has 0 saturated carbocycles. The van der Waals surface area contributed by atoms with E-state index in [9.17, 15) is 0 Å². The van der Waals surface area contributed by atoms with Gasteiger partial charge >= 0.3 is 0 Å². The first-order chi connectivity index (χ1) is 3.30. The number of nitrogens with zero attached hydrogens (tertiary/aromatic N) is 2. The van der Waals surface area contributed by atoms with Crippen molar-refractivity contribution in [2.75, 3.05) is 20.1 Å². The molecule has 1 fully saturated rings. The van der Waals surface area contributed by atoms with E-state index in [0.29, 0.717) is 0 Å². The number of hydrogen-bond acceptors (Lipinski definition) is 4. The summed E-state index contributed by atoms with van der Waals surface area (Å²) in [6, 6.07) is 0. The molecule has 0 atom stereocenters. The van der Waals surface area contributed by atoms with E-state index in [0.717, 1.165) is 18.4 Å². The molecule has 0 aromatic carbocycles. The number of nitrogens with one attached hydrogen (secondary N) is 1. The number of likely N-dealkylation sites (N-methyl/N-ethyl adjacent to an activating group) is 1. The monoisotopic (exact) mass is 103 g/mol. The van der Waals surface area contributed by atoms with E-state index in [1.807, 2.05) is 0 Å². The molecule has 0 unspecified atom stereocenters. The molecule has 1 aliphatic rings. The molecule has 0 spiro atoms. The SMILES string of the molecule is CN1CCNN1O. The molecule has 0 aliphatic carbocycles. The Balaban J connectivity index is 2.33. The van der Waals surface area contributed by atoms with Crippen molar-refractivity contribution in [2.24, 2.45) is 0 Å². The fourth-order valence-electron chi connectivity index (χ4n) is 0.527. The zero-order valence-corrected chi connectivity index (χ0v) is 4.26. The van der Waals surface area contributed by atoms with E-state index in [1.54, 1.807) is 12.1 Å². The molecule has 0 bridgehead atoms. The van der Waals surface area contributed by atoms with Gasteiger partial charge in [0.2, 0.25) is 0 Å². The maximum absolute atomic E-state index is 8.65. The van der Waals surface area contributed by atoms with Gasteiger partial charge in [0.1, 0.15) is 0 Å². The van der Waals surface area contributed by atoms with Crippen molar-refractivity contribution < 1.29 is 5.21 Å². The first-order valence-corrected chi connectivity index (χ1v) is 2.24. The van der Waals surface area contributed by atoms with Gasteiger partial charge in [0, 0.05) is 20.1 Å². The van der Waals surface area contributed by atoms with Gasteiger partial charge in [-0.1, -0.05) is 5.28 Å². The van der Waals surface area contributed by atoms with Crippen molar-refractivity contribution in [1.82, 2.24) is 15.7 Å². The van der Waals surface area contributed by atoms with Crippen LogP contribution in [0.4, 0.5) is 0 Å². The Morgan fingerprint density at radius 1 is 1.71 bits per heavy atom. The minimum atomic E-state index is 0.826. The molecule has 2 N–H and O–H groups in total. The minimum absolute atomic E-state index is 0.826. The number of hydrogen-bond donors (Lipinski definition) is 2. The van der Waals surface area contributed by atoms with Gasteiger partial charge in [-0.2, -0.15) is 0 Å². The van der Waals surface area contributed by atoms with E-state index >= 15 is 0 Å². The predicted octanol–water partition coefficient (Wildman–Crippen LogP) is -0.957. The van der Waals surface area contributed by atoms with Crippen molar-refractivity contribution in [2.45, 2.75) is 0 Å². The topological polar surface area (TPSA) is 38.7 Å². The second-order valence-corrected chi connectivity index (χ2v) is 1.58. The normalized spacial score (nSPS) is 26.6. The van der Waals surface area contributed by atoms with Gasteiger partial charge in [-0.25, -0.2) is 10.4 Å². The van der Waals surface area contributed by atoms with Crippen LogP contribution in [-0.4, -0.2) is 35.6 Å². The summed E-state index contributed by atoms with van der Waals surface area (Å²) in [4.78, 5) is 0. The Hall–Kier alpha value is -0.160. The Labute approximate surface area is 42.2 Å². The highest BCUT2D eigenvalue weighted by Crippen LogP contribution is 1.89. The molecule has 42 valence electrons. The van der Waals surface area contributed by atoms with E-state index in [-0.39, 0.29) is 0 Å². The van der Waals surface area contributed by atoms with Crippen LogP contribution in [0.1, 0.15) is 0 Å². The minimum Gasteiger partial charge on any atom is -0.285 e. The fourth-order valence-corrected chi connectivity index (χ4v) is 0.527. The lowest BCUT2D eigenvalue weighted by Gasteiger charge is -2.13. The molecule has 0 aromatic rings. The molecule has 0 radical (unpaired) electrons. The fraction of sp³-hybridized carbons (Fsp3) is 1.00. The summed E-state index contributed by atoms with van der Waals surface area (Å²) in [7, 11) is 1.81. The lowest BCUT2D eigenvalue weighted by molar-refractivity contribution is -0.239. The Kier molecular flexibility index (Phi) is 1.25. The summed E-state index contributed by atoms with van der Waals surface area (Å²) >= 11 is 0. The van der Waals surface area contributed by atoms with E-state index < -0.39 is 0 Å². The van der Waals surface area contributed by atoms with Crippen LogP contribution in [0, 0.1) is 0 Å². The third kappa shape index (κ3) is 0.889. The van der Waals surface area contributed by atoms with Gasteiger partial charge in [0.25, 0.3) is 0 Å². The van der Waals surface area contributed by atoms with Crippen LogP contribution >= 0.6 is 0 Å². The van der Waals surface area contributed by atoms with Crippen LogP contribution in [-0.2, 0) is 0 Å². The molecular weight excluding hydrogens is 94.1 g/mol. The number of hydrazine groups is 2. The Morgan fingerprint density at radius 2 is 2.43 bits per heavy atom. The molecule has 4 nitrogen and oxygen atoms in total. The zero-order chi connectivity index (χ0) is 5.28. The van der Waals surface area contributed by atoms with Gasteiger partial charge in [-0.3, -0.25) is 5.21 Å². The maximum atomic E-state index is 8.65. The first kappa shape index (κ1) is 4.99. The van der Waals surface area contributed by atoms with E-state index in [1.165, 1.54) is 0 Å². The molecule has 1 heterocycles. The standard InChI is InChI=1S/C3H9N3O/c1-5-3-2-4-6(5)7/h4,7H,2-3H2,1H3. The molecule has 4 heteroatoms. The largest absolute Gasteiger partial charge is 0.285 e. The predicted molar refractivity (Wildman–Crippen MR) is 24.3 cm³/mol. The molecule has 7 heavy (non-hydrogen) atoms.